The Morgan fingerprint density at radius 2 is 1.95 bits per heavy atom. The number of carbonyl (C=O) groups excluding carboxylic acids is 2. The molecule has 0 fully saturated rings. The summed E-state index contributed by atoms with van der Waals surface area (Å²) < 4.78 is 10.3. The molecule has 0 aliphatic carbocycles. The van der Waals surface area contributed by atoms with Gasteiger partial charge in [-0.3, -0.25) is 4.79 Å². The van der Waals surface area contributed by atoms with E-state index < -0.39 is 5.97 Å². The van der Waals surface area contributed by atoms with Crippen LogP contribution in [0.3, 0.4) is 0 Å². The molecule has 1 amide bonds. The first kappa shape index (κ1) is 17.0. The van der Waals surface area contributed by atoms with Crippen molar-refractivity contribution in [3.63, 3.8) is 0 Å². The third-order valence-electron chi connectivity index (χ3n) is 3.10. The van der Waals surface area contributed by atoms with Crippen molar-refractivity contribution in [1.82, 2.24) is 5.32 Å². The zero-order valence-corrected chi connectivity index (χ0v) is 13.0. The number of hydrogen-bond donors (Lipinski definition) is 1. The molecule has 21 heavy (non-hydrogen) atoms. The minimum absolute atomic E-state index is 0.0800. The van der Waals surface area contributed by atoms with Crippen LogP contribution in [0.25, 0.3) is 0 Å². The van der Waals surface area contributed by atoms with E-state index in [4.69, 9.17) is 9.47 Å². The number of nitrogens with one attached hydrogen (secondary N) is 1. The second-order valence-electron chi connectivity index (χ2n) is 5.14. The van der Waals surface area contributed by atoms with E-state index >= 15 is 0 Å². The smallest absolute Gasteiger partial charge is 0.338 e. The van der Waals surface area contributed by atoms with Gasteiger partial charge in [0.05, 0.1) is 12.2 Å². The minimum Gasteiger partial charge on any atom is -0.484 e. The molecule has 5 heteroatoms. The summed E-state index contributed by atoms with van der Waals surface area (Å²) in [6.45, 7) is 8.01. The number of benzene rings is 1. The van der Waals surface area contributed by atoms with Crippen molar-refractivity contribution in [3.05, 3.63) is 29.8 Å². The molecule has 0 radical (unpaired) electrons. The van der Waals surface area contributed by atoms with Crippen molar-refractivity contribution < 1.29 is 19.1 Å². The Labute approximate surface area is 125 Å². The maximum absolute atomic E-state index is 11.7. The Bertz CT molecular complexity index is 485. The highest BCUT2D eigenvalue weighted by Crippen LogP contribution is 2.14. The van der Waals surface area contributed by atoms with E-state index in [1.165, 1.54) is 0 Å². The van der Waals surface area contributed by atoms with Gasteiger partial charge in [-0.15, -0.1) is 0 Å². The van der Waals surface area contributed by atoms with Crippen LogP contribution in [0.2, 0.25) is 0 Å². The molecule has 0 spiro atoms. The lowest BCUT2D eigenvalue weighted by Gasteiger charge is -2.17. The minimum atomic E-state index is -0.402. The van der Waals surface area contributed by atoms with Gasteiger partial charge in [-0.1, -0.05) is 19.9 Å². The standard InChI is InChI=1S/C16H23NO4/c1-5-20-16(19)13-7-6-8-14(9-13)21-10-15(18)17-12(4)11(2)3/h6-9,11-12H,5,10H2,1-4H3,(H,17,18)/t12-/m1/s1. The molecule has 0 aromatic heterocycles. The van der Waals surface area contributed by atoms with Crippen molar-refractivity contribution in [1.29, 1.82) is 0 Å². The van der Waals surface area contributed by atoms with Gasteiger partial charge in [-0.25, -0.2) is 4.79 Å². The summed E-state index contributed by atoms with van der Waals surface area (Å²) >= 11 is 0. The van der Waals surface area contributed by atoms with Gasteiger partial charge in [-0.2, -0.15) is 0 Å². The van der Waals surface area contributed by atoms with Gasteiger partial charge in [0.2, 0.25) is 0 Å². The van der Waals surface area contributed by atoms with E-state index in [2.05, 4.69) is 5.32 Å². The van der Waals surface area contributed by atoms with Gasteiger partial charge in [-0.05, 0) is 38.0 Å². The van der Waals surface area contributed by atoms with Gasteiger partial charge in [0.1, 0.15) is 5.75 Å². The largest absolute Gasteiger partial charge is 0.484 e. The lowest BCUT2D eigenvalue weighted by molar-refractivity contribution is -0.124. The van der Waals surface area contributed by atoms with Gasteiger partial charge in [0, 0.05) is 6.04 Å². The first-order valence-electron chi connectivity index (χ1n) is 7.13. The van der Waals surface area contributed by atoms with E-state index in [0.29, 0.717) is 23.8 Å². The average Bonchev–Trinajstić information content (AvgIpc) is 2.45. The normalized spacial score (nSPS) is 11.9. The molecule has 0 bridgehead atoms. The zero-order chi connectivity index (χ0) is 15.8. The fourth-order valence-electron chi connectivity index (χ4n) is 1.54. The molecular formula is C16H23NO4. The summed E-state index contributed by atoms with van der Waals surface area (Å²) in [5.74, 6) is 0.243. The summed E-state index contributed by atoms with van der Waals surface area (Å²) in [7, 11) is 0. The fourth-order valence-corrected chi connectivity index (χ4v) is 1.54. The van der Waals surface area contributed by atoms with Crippen molar-refractivity contribution in [3.8, 4) is 5.75 Å². The molecule has 0 aliphatic rings. The maximum Gasteiger partial charge on any atom is 0.338 e. The molecule has 0 saturated carbocycles. The lowest BCUT2D eigenvalue weighted by Crippen LogP contribution is -2.38. The highest BCUT2D eigenvalue weighted by Gasteiger charge is 2.12. The summed E-state index contributed by atoms with van der Waals surface area (Å²) in [5, 5.41) is 2.85. The van der Waals surface area contributed by atoms with Gasteiger partial charge >= 0.3 is 5.97 Å². The fraction of sp³-hybridized carbons (Fsp3) is 0.500. The molecule has 1 rings (SSSR count). The number of rotatable bonds is 7. The van der Waals surface area contributed by atoms with Crippen molar-refractivity contribution in [2.75, 3.05) is 13.2 Å². The topological polar surface area (TPSA) is 64.6 Å². The highest BCUT2D eigenvalue weighted by atomic mass is 16.5. The summed E-state index contributed by atoms with van der Waals surface area (Å²) in [5.41, 5.74) is 0.408. The predicted molar refractivity (Wildman–Crippen MR) is 80.3 cm³/mol. The zero-order valence-electron chi connectivity index (χ0n) is 13.0. The molecule has 0 unspecified atom stereocenters. The molecule has 1 atom stereocenters. The number of esters is 1. The van der Waals surface area contributed by atoms with Crippen LogP contribution < -0.4 is 10.1 Å². The highest BCUT2D eigenvalue weighted by molar-refractivity contribution is 5.89. The Morgan fingerprint density at radius 3 is 2.57 bits per heavy atom. The molecule has 0 aliphatic heterocycles. The van der Waals surface area contributed by atoms with E-state index in [9.17, 15) is 9.59 Å². The molecule has 116 valence electrons. The lowest BCUT2D eigenvalue weighted by atomic mass is 10.1. The molecule has 0 saturated heterocycles. The second kappa shape index (κ2) is 8.29. The predicted octanol–water partition coefficient (Wildman–Crippen LogP) is 2.40. The molecule has 5 nitrogen and oxygen atoms in total. The third kappa shape index (κ3) is 5.85. The summed E-state index contributed by atoms with van der Waals surface area (Å²) in [4.78, 5) is 23.3. The molecule has 1 N–H and O–H groups in total. The molecule has 1 aromatic carbocycles. The Hall–Kier alpha value is -2.04. The number of amides is 1. The Morgan fingerprint density at radius 1 is 1.24 bits per heavy atom. The Kier molecular flexibility index (Phi) is 6.72. The van der Waals surface area contributed by atoms with Crippen LogP contribution in [0.15, 0.2) is 24.3 Å². The van der Waals surface area contributed by atoms with E-state index in [0.717, 1.165) is 0 Å². The monoisotopic (exact) mass is 293 g/mol. The first-order chi connectivity index (χ1) is 9.93. The molecule has 1 aromatic rings. The maximum atomic E-state index is 11.7. The quantitative estimate of drug-likeness (QED) is 0.784. The van der Waals surface area contributed by atoms with Crippen molar-refractivity contribution in [2.45, 2.75) is 33.7 Å². The first-order valence-corrected chi connectivity index (χ1v) is 7.13. The Balaban J connectivity index is 2.54. The van der Waals surface area contributed by atoms with E-state index in [1.54, 1.807) is 31.2 Å². The number of ether oxygens (including phenoxy) is 2. The van der Waals surface area contributed by atoms with Crippen LogP contribution in [0.1, 0.15) is 38.1 Å². The van der Waals surface area contributed by atoms with Crippen LogP contribution in [0.4, 0.5) is 0 Å². The van der Waals surface area contributed by atoms with Crippen LogP contribution >= 0.6 is 0 Å². The van der Waals surface area contributed by atoms with Crippen molar-refractivity contribution in [2.24, 2.45) is 5.92 Å². The van der Waals surface area contributed by atoms with Gasteiger partial charge in [0.15, 0.2) is 6.61 Å². The molecule has 0 heterocycles. The average molecular weight is 293 g/mol. The SMILES string of the molecule is CCOC(=O)c1cccc(OCC(=O)N[C@H](C)C(C)C)c1. The van der Waals surface area contributed by atoms with Gasteiger partial charge < -0.3 is 14.8 Å². The summed E-state index contributed by atoms with van der Waals surface area (Å²) in [6, 6.07) is 6.69. The second-order valence-corrected chi connectivity index (χ2v) is 5.14. The number of carbonyl (C=O) groups is 2. The van der Waals surface area contributed by atoms with Crippen molar-refractivity contribution >= 4 is 11.9 Å². The summed E-state index contributed by atoms with van der Waals surface area (Å²) in [6.07, 6.45) is 0. The molecular weight excluding hydrogens is 270 g/mol. The number of hydrogen-bond acceptors (Lipinski definition) is 4. The van der Waals surface area contributed by atoms with Crippen LogP contribution in [-0.4, -0.2) is 31.1 Å². The third-order valence-corrected chi connectivity index (χ3v) is 3.10. The van der Waals surface area contributed by atoms with Crippen LogP contribution in [-0.2, 0) is 9.53 Å². The van der Waals surface area contributed by atoms with Gasteiger partial charge in [0.25, 0.3) is 5.91 Å². The van der Waals surface area contributed by atoms with E-state index in [-0.39, 0.29) is 18.6 Å². The van der Waals surface area contributed by atoms with Crippen LogP contribution in [0, 0.1) is 5.92 Å². The van der Waals surface area contributed by atoms with E-state index in [1.807, 2.05) is 20.8 Å². The van der Waals surface area contributed by atoms with Crippen LogP contribution in [0.5, 0.6) is 5.75 Å².